The number of aromatic nitrogens is 1. The van der Waals surface area contributed by atoms with Crippen molar-refractivity contribution >= 4 is 28.0 Å². The number of aryl methyl sites for hydroxylation is 1. The van der Waals surface area contributed by atoms with E-state index in [2.05, 4.69) is 5.32 Å². The molecule has 0 aliphatic rings. The highest BCUT2D eigenvalue weighted by atomic mass is 32.1. The van der Waals surface area contributed by atoms with Crippen LogP contribution < -0.4 is 5.32 Å². The fraction of sp³-hybridized carbons (Fsp3) is 0.429. The van der Waals surface area contributed by atoms with Gasteiger partial charge in [0.15, 0.2) is 0 Å². The Balaban J connectivity index is 2.40. The minimum atomic E-state index is -0.312. The van der Waals surface area contributed by atoms with Gasteiger partial charge in [0.05, 0.1) is 18.1 Å². The van der Waals surface area contributed by atoms with Gasteiger partial charge in [-0.3, -0.25) is 4.79 Å². The third kappa shape index (κ3) is 2.70. The van der Waals surface area contributed by atoms with Crippen molar-refractivity contribution in [3.8, 4) is 0 Å². The maximum Gasteiger partial charge on any atom is 0.341 e. The van der Waals surface area contributed by atoms with Crippen LogP contribution in [0.15, 0.2) is 11.6 Å². The molecule has 1 amide bonds. The molecule has 0 saturated carbocycles. The second-order valence-corrected chi connectivity index (χ2v) is 5.75. The molecule has 2 heterocycles. The number of thiazole rings is 1. The summed E-state index contributed by atoms with van der Waals surface area (Å²) in [6, 6.07) is 0. The van der Waals surface area contributed by atoms with Crippen LogP contribution in [0.5, 0.6) is 0 Å². The number of nitrogens with one attached hydrogen (secondary N) is 1. The molecule has 108 valence electrons. The van der Waals surface area contributed by atoms with Crippen molar-refractivity contribution in [3.05, 3.63) is 28.4 Å². The summed E-state index contributed by atoms with van der Waals surface area (Å²) >= 11 is 1.45. The Morgan fingerprint density at radius 1 is 1.45 bits per heavy atom. The van der Waals surface area contributed by atoms with E-state index < -0.39 is 0 Å². The van der Waals surface area contributed by atoms with Crippen LogP contribution in [0.1, 0.15) is 35.5 Å². The maximum absolute atomic E-state index is 12.1. The van der Waals surface area contributed by atoms with Crippen LogP contribution in [0.3, 0.4) is 0 Å². The molecule has 6 heteroatoms. The molecule has 0 aliphatic carbocycles. The number of likely N-dealkylation sites (N-methyl/N-ethyl adjacent to an activating group) is 1. The number of rotatable bonds is 4. The first-order valence-electron chi connectivity index (χ1n) is 6.43. The first kappa shape index (κ1) is 14.6. The summed E-state index contributed by atoms with van der Waals surface area (Å²) in [6.45, 7) is 5.53. The number of carbonyl (C=O) groups is 2. The Bertz CT molecular complexity index is 655. The lowest BCUT2D eigenvalue weighted by atomic mass is 10.2. The SMILES string of the molecule is CNC(=O)Cc1csc2c(C(=O)OC(C)C)c(C)cn12. The van der Waals surface area contributed by atoms with Gasteiger partial charge < -0.3 is 14.5 Å². The Morgan fingerprint density at radius 3 is 2.75 bits per heavy atom. The summed E-state index contributed by atoms with van der Waals surface area (Å²) in [4.78, 5) is 24.4. The highest BCUT2D eigenvalue weighted by Crippen LogP contribution is 2.27. The van der Waals surface area contributed by atoms with Crippen molar-refractivity contribution in [2.45, 2.75) is 33.3 Å². The van der Waals surface area contributed by atoms with Gasteiger partial charge in [-0.15, -0.1) is 11.3 Å². The van der Waals surface area contributed by atoms with E-state index in [9.17, 15) is 9.59 Å². The molecule has 0 saturated heterocycles. The number of carbonyl (C=O) groups excluding carboxylic acids is 2. The minimum Gasteiger partial charge on any atom is -0.459 e. The van der Waals surface area contributed by atoms with Gasteiger partial charge >= 0.3 is 5.97 Å². The van der Waals surface area contributed by atoms with Crippen LogP contribution in [0.2, 0.25) is 0 Å². The van der Waals surface area contributed by atoms with E-state index in [1.54, 1.807) is 7.05 Å². The zero-order valence-corrected chi connectivity index (χ0v) is 12.8. The third-order valence-corrected chi connectivity index (χ3v) is 3.95. The molecule has 0 atom stereocenters. The van der Waals surface area contributed by atoms with Crippen molar-refractivity contribution < 1.29 is 14.3 Å². The van der Waals surface area contributed by atoms with Gasteiger partial charge in [-0.05, 0) is 26.3 Å². The van der Waals surface area contributed by atoms with Gasteiger partial charge in [0.25, 0.3) is 0 Å². The van der Waals surface area contributed by atoms with Gasteiger partial charge in [-0.2, -0.15) is 0 Å². The van der Waals surface area contributed by atoms with Crippen LogP contribution in [-0.4, -0.2) is 29.4 Å². The number of esters is 1. The third-order valence-electron chi connectivity index (χ3n) is 2.93. The Kier molecular flexibility index (Phi) is 4.13. The van der Waals surface area contributed by atoms with Gasteiger partial charge in [0, 0.05) is 24.3 Å². The molecule has 20 heavy (non-hydrogen) atoms. The van der Waals surface area contributed by atoms with E-state index in [4.69, 9.17) is 4.74 Å². The van der Waals surface area contributed by atoms with Crippen molar-refractivity contribution in [2.75, 3.05) is 7.05 Å². The monoisotopic (exact) mass is 294 g/mol. The minimum absolute atomic E-state index is 0.0534. The molecule has 0 radical (unpaired) electrons. The normalized spacial score (nSPS) is 11.1. The van der Waals surface area contributed by atoms with Crippen molar-refractivity contribution in [3.63, 3.8) is 0 Å². The largest absolute Gasteiger partial charge is 0.459 e. The number of nitrogens with zero attached hydrogens (tertiary/aromatic N) is 1. The average molecular weight is 294 g/mol. The van der Waals surface area contributed by atoms with Gasteiger partial charge in [0.2, 0.25) is 5.91 Å². The predicted molar refractivity (Wildman–Crippen MR) is 78.3 cm³/mol. The second kappa shape index (κ2) is 5.66. The van der Waals surface area contributed by atoms with Crippen LogP contribution in [0.4, 0.5) is 0 Å². The predicted octanol–water partition coefficient (Wildman–Crippen LogP) is 2.16. The number of fused-ring (bicyclic) bond motifs is 1. The Hall–Kier alpha value is -1.82. The van der Waals surface area contributed by atoms with Crippen LogP contribution in [0, 0.1) is 6.92 Å². The van der Waals surface area contributed by atoms with Crippen LogP contribution in [0.25, 0.3) is 4.83 Å². The van der Waals surface area contributed by atoms with Crippen LogP contribution in [-0.2, 0) is 16.0 Å². The summed E-state index contributed by atoms with van der Waals surface area (Å²) in [5.74, 6) is -0.365. The molecule has 0 spiro atoms. The first-order chi connectivity index (χ1) is 9.43. The molecule has 1 N–H and O–H groups in total. The quantitative estimate of drug-likeness (QED) is 0.879. The highest BCUT2D eigenvalue weighted by molar-refractivity contribution is 7.16. The molecular formula is C14H18N2O3S. The van der Waals surface area contributed by atoms with Gasteiger partial charge in [-0.1, -0.05) is 0 Å². The molecule has 0 fully saturated rings. The number of ether oxygens (including phenoxy) is 1. The van der Waals surface area contributed by atoms with E-state index in [-0.39, 0.29) is 18.0 Å². The lowest BCUT2D eigenvalue weighted by molar-refractivity contribution is -0.120. The maximum atomic E-state index is 12.1. The lowest BCUT2D eigenvalue weighted by Gasteiger charge is -2.07. The van der Waals surface area contributed by atoms with Crippen molar-refractivity contribution in [2.24, 2.45) is 0 Å². The van der Waals surface area contributed by atoms with E-state index in [1.165, 1.54) is 11.3 Å². The fourth-order valence-electron chi connectivity index (χ4n) is 2.02. The zero-order chi connectivity index (χ0) is 14.9. The summed E-state index contributed by atoms with van der Waals surface area (Å²) in [5, 5.41) is 4.50. The number of hydrogen-bond donors (Lipinski definition) is 1. The molecule has 2 rings (SSSR count). The fourth-order valence-corrected chi connectivity index (χ4v) is 3.11. The molecule has 5 nitrogen and oxygen atoms in total. The smallest absolute Gasteiger partial charge is 0.341 e. The number of hydrogen-bond acceptors (Lipinski definition) is 4. The Morgan fingerprint density at radius 2 is 2.15 bits per heavy atom. The summed E-state index contributed by atoms with van der Waals surface area (Å²) in [5.41, 5.74) is 2.32. The lowest BCUT2D eigenvalue weighted by Crippen LogP contribution is -2.20. The molecule has 2 aromatic rings. The molecule has 0 aromatic carbocycles. The zero-order valence-electron chi connectivity index (χ0n) is 12.0. The molecule has 0 unspecified atom stereocenters. The van der Waals surface area contributed by atoms with E-state index >= 15 is 0 Å². The van der Waals surface area contributed by atoms with Crippen LogP contribution >= 0.6 is 11.3 Å². The molecule has 0 bridgehead atoms. The average Bonchev–Trinajstić information content (AvgIpc) is 2.87. The van der Waals surface area contributed by atoms with Gasteiger partial charge in [-0.25, -0.2) is 4.79 Å². The molecular weight excluding hydrogens is 276 g/mol. The van der Waals surface area contributed by atoms with Gasteiger partial charge in [0.1, 0.15) is 4.83 Å². The van der Waals surface area contributed by atoms with E-state index in [0.29, 0.717) is 12.0 Å². The standard InChI is InChI=1S/C14H18N2O3S/c1-8(2)19-14(18)12-9(3)6-16-10(5-11(17)15-4)7-20-13(12)16/h6-8H,5H2,1-4H3,(H,15,17). The molecule has 2 aromatic heterocycles. The molecule has 0 aliphatic heterocycles. The summed E-state index contributed by atoms with van der Waals surface area (Å²) in [7, 11) is 1.61. The van der Waals surface area contributed by atoms with E-state index in [1.807, 2.05) is 36.7 Å². The van der Waals surface area contributed by atoms with Crippen molar-refractivity contribution in [1.29, 1.82) is 0 Å². The first-order valence-corrected chi connectivity index (χ1v) is 7.31. The summed E-state index contributed by atoms with van der Waals surface area (Å²) in [6.07, 6.45) is 2.02. The summed E-state index contributed by atoms with van der Waals surface area (Å²) < 4.78 is 7.17. The topological polar surface area (TPSA) is 59.8 Å². The van der Waals surface area contributed by atoms with E-state index in [0.717, 1.165) is 16.1 Å². The highest BCUT2D eigenvalue weighted by Gasteiger charge is 2.21. The van der Waals surface area contributed by atoms with Crippen molar-refractivity contribution in [1.82, 2.24) is 9.72 Å². The second-order valence-electron chi connectivity index (χ2n) is 4.89. The number of amides is 1. The Labute approximate surface area is 121 Å².